The first-order valence-electron chi connectivity index (χ1n) is 6.73. The summed E-state index contributed by atoms with van der Waals surface area (Å²) in [6, 6.07) is -0.0690. The highest BCUT2D eigenvalue weighted by Crippen LogP contribution is 2.11. The molecule has 2 atom stereocenters. The zero-order valence-corrected chi connectivity index (χ0v) is 12.3. The standard InChI is InChI=1S/C13H26N2O4/c1-13(2,3)19-12(16)15-10-9-14-6-5-11(10)18-8-7-17-4/h10-11,14H,5-9H2,1-4H3,(H,15,16)/t10-,11-/m0/s1. The van der Waals surface area contributed by atoms with E-state index in [1.807, 2.05) is 20.8 Å². The molecule has 2 N–H and O–H groups in total. The van der Waals surface area contributed by atoms with Gasteiger partial charge in [-0.2, -0.15) is 0 Å². The molecule has 0 unspecified atom stereocenters. The Bertz CT molecular complexity index is 278. The molecule has 0 aromatic rings. The molecule has 1 saturated heterocycles. The number of hydrogen-bond acceptors (Lipinski definition) is 5. The summed E-state index contributed by atoms with van der Waals surface area (Å²) in [5.41, 5.74) is -0.488. The van der Waals surface area contributed by atoms with E-state index < -0.39 is 11.7 Å². The van der Waals surface area contributed by atoms with E-state index in [-0.39, 0.29) is 12.1 Å². The van der Waals surface area contributed by atoms with Crippen LogP contribution in [0.25, 0.3) is 0 Å². The number of hydrogen-bond donors (Lipinski definition) is 2. The van der Waals surface area contributed by atoms with Crippen LogP contribution in [0.2, 0.25) is 0 Å². The van der Waals surface area contributed by atoms with E-state index in [9.17, 15) is 4.79 Å². The van der Waals surface area contributed by atoms with E-state index in [0.717, 1.165) is 13.0 Å². The first-order chi connectivity index (χ1) is 8.92. The first kappa shape index (κ1) is 16.2. The smallest absolute Gasteiger partial charge is 0.408 e. The van der Waals surface area contributed by atoms with E-state index in [1.165, 1.54) is 0 Å². The van der Waals surface area contributed by atoms with Crippen molar-refractivity contribution in [3.05, 3.63) is 0 Å². The maximum absolute atomic E-state index is 11.8. The van der Waals surface area contributed by atoms with E-state index in [4.69, 9.17) is 14.2 Å². The number of rotatable bonds is 5. The van der Waals surface area contributed by atoms with Gasteiger partial charge in [0, 0.05) is 13.7 Å². The minimum atomic E-state index is -0.488. The molecular formula is C13H26N2O4. The highest BCUT2D eigenvalue weighted by molar-refractivity contribution is 5.68. The number of ether oxygens (including phenoxy) is 3. The lowest BCUT2D eigenvalue weighted by Gasteiger charge is -2.33. The lowest BCUT2D eigenvalue weighted by Crippen LogP contribution is -2.55. The van der Waals surface area contributed by atoms with Crippen molar-refractivity contribution in [3.8, 4) is 0 Å². The molecule has 0 spiro atoms. The van der Waals surface area contributed by atoms with Gasteiger partial charge in [-0.25, -0.2) is 4.79 Å². The van der Waals surface area contributed by atoms with Crippen LogP contribution in [-0.4, -0.2) is 57.3 Å². The summed E-state index contributed by atoms with van der Waals surface area (Å²) in [6.07, 6.45) is 0.468. The van der Waals surface area contributed by atoms with Gasteiger partial charge in [0.05, 0.1) is 25.4 Å². The van der Waals surface area contributed by atoms with Gasteiger partial charge in [-0.3, -0.25) is 0 Å². The summed E-state index contributed by atoms with van der Waals surface area (Å²) in [7, 11) is 1.64. The van der Waals surface area contributed by atoms with Crippen LogP contribution in [0.5, 0.6) is 0 Å². The Hall–Kier alpha value is -0.850. The molecule has 0 aliphatic carbocycles. The van der Waals surface area contributed by atoms with Crippen molar-refractivity contribution in [2.45, 2.75) is 44.9 Å². The van der Waals surface area contributed by atoms with Crippen molar-refractivity contribution in [2.75, 3.05) is 33.4 Å². The Morgan fingerprint density at radius 1 is 1.37 bits per heavy atom. The quantitative estimate of drug-likeness (QED) is 0.729. The summed E-state index contributed by atoms with van der Waals surface area (Å²) in [5, 5.41) is 6.10. The summed E-state index contributed by atoms with van der Waals surface area (Å²) in [5.74, 6) is 0. The van der Waals surface area contributed by atoms with Gasteiger partial charge in [0.15, 0.2) is 0 Å². The third kappa shape index (κ3) is 6.75. The van der Waals surface area contributed by atoms with Gasteiger partial charge in [0.2, 0.25) is 0 Å². The largest absolute Gasteiger partial charge is 0.444 e. The van der Waals surface area contributed by atoms with E-state index >= 15 is 0 Å². The summed E-state index contributed by atoms with van der Waals surface area (Å²) in [6.45, 7) is 8.21. The lowest BCUT2D eigenvalue weighted by atomic mass is 10.0. The Kier molecular flexibility index (Phi) is 6.54. The zero-order valence-electron chi connectivity index (χ0n) is 12.3. The predicted molar refractivity (Wildman–Crippen MR) is 72.3 cm³/mol. The Morgan fingerprint density at radius 2 is 2.11 bits per heavy atom. The molecule has 0 radical (unpaired) electrons. The molecule has 1 rings (SSSR count). The third-order valence-corrected chi connectivity index (χ3v) is 2.74. The summed E-state index contributed by atoms with van der Waals surface area (Å²) >= 11 is 0. The average molecular weight is 274 g/mol. The molecule has 0 saturated carbocycles. The molecule has 1 amide bonds. The second-order valence-electron chi connectivity index (χ2n) is 5.65. The van der Waals surface area contributed by atoms with Crippen LogP contribution in [0.15, 0.2) is 0 Å². The second kappa shape index (κ2) is 7.67. The molecule has 1 aliphatic rings. The minimum absolute atomic E-state index is 0.00363. The molecule has 1 fully saturated rings. The number of carbonyl (C=O) groups is 1. The van der Waals surface area contributed by atoms with Gasteiger partial charge in [0.25, 0.3) is 0 Å². The highest BCUT2D eigenvalue weighted by atomic mass is 16.6. The minimum Gasteiger partial charge on any atom is -0.444 e. The first-order valence-corrected chi connectivity index (χ1v) is 6.73. The molecule has 112 valence electrons. The van der Waals surface area contributed by atoms with E-state index in [2.05, 4.69) is 10.6 Å². The lowest BCUT2D eigenvalue weighted by molar-refractivity contribution is -0.0174. The number of amides is 1. The van der Waals surface area contributed by atoms with Gasteiger partial charge in [0.1, 0.15) is 5.60 Å². The van der Waals surface area contributed by atoms with E-state index in [0.29, 0.717) is 19.8 Å². The van der Waals surface area contributed by atoms with Gasteiger partial charge < -0.3 is 24.8 Å². The molecular weight excluding hydrogens is 248 g/mol. The molecule has 6 heteroatoms. The molecule has 0 bridgehead atoms. The molecule has 1 aliphatic heterocycles. The fourth-order valence-corrected chi connectivity index (χ4v) is 1.92. The van der Waals surface area contributed by atoms with Crippen LogP contribution in [0.1, 0.15) is 27.2 Å². The molecule has 6 nitrogen and oxygen atoms in total. The van der Waals surface area contributed by atoms with Crippen molar-refractivity contribution in [2.24, 2.45) is 0 Å². The Labute approximate surface area is 115 Å². The maximum Gasteiger partial charge on any atom is 0.408 e. The number of nitrogens with one attached hydrogen (secondary N) is 2. The third-order valence-electron chi connectivity index (χ3n) is 2.74. The predicted octanol–water partition coefficient (Wildman–Crippen LogP) is 0.905. The van der Waals surface area contributed by atoms with Crippen LogP contribution >= 0.6 is 0 Å². The van der Waals surface area contributed by atoms with Gasteiger partial charge >= 0.3 is 6.09 Å². The zero-order chi connectivity index (χ0) is 14.3. The second-order valence-corrected chi connectivity index (χ2v) is 5.65. The van der Waals surface area contributed by atoms with E-state index in [1.54, 1.807) is 7.11 Å². The monoisotopic (exact) mass is 274 g/mol. The number of carbonyl (C=O) groups excluding carboxylic acids is 1. The van der Waals surface area contributed by atoms with Gasteiger partial charge in [-0.15, -0.1) is 0 Å². The van der Waals surface area contributed by atoms with Crippen LogP contribution in [0.3, 0.4) is 0 Å². The summed E-state index contributed by atoms with van der Waals surface area (Å²) in [4.78, 5) is 11.8. The van der Waals surface area contributed by atoms with Crippen LogP contribution in [0, 0.1) is 0 Å². The molecule has 0 aromatic heterocycles. The van der Waals surface area contributed by atoms with Crippen LogP contribution in [0.4, 0.5) is 4.79 Å². The summed E-state index contributed by atoms with van der Waals surface area (Å²) < 4.78 is 16.0. The van der Waals surface area contributed by atoms with Crippen molar-refractivity contribution >= 4 is 6.09 Å². The fraction of sp³-hybridized carbons (Fsp3) is 0.923. The number of methoxy groups -OCH3 is 1. The molecule has 1 heterocycles. The number of piperidine rings is 1. The fourth-order valence-electron chi connectivity index (χ4n) is 1.92. The Morgan fingerprint density at radius 3 is 2.74 bits per heavy atom. The molecule has 0 aromatic carbocycles. The van der Waals surface area contributed by atoms with Crippen LogP contribution in [-0.2, 0) is 14.2 Å². The van der Waals surface area contributed by atoms with Crippen molar-refractivity contribution in [3.63, 3.8) is 0 Å². The highest BCUT2D eigenvalue weighted by Gasteiger charge is 2.28. The van der Waals surface area contributed by atoms with Crippen molar-refractivity contribution in [1.29, 1.82) is 0 Å². The van der Waals surface area contributed by atoms with Crippen molar-refractivity contribution in [1.82, 2.24) is 10.6 Å². The SMILES string of the molecule is COCCO[C@H]1CCNC[C@@H]1NC(=O)OC(C)(C)C. The topological polar surface area (TPSA) is 68.8 Å². The van der Waals surface area contributed by atoms with Crippen LogP contribution < -0.4 is 10.6 Å². The normalized spacial score (nSPS) is 24.0. The maximum atomic E-state index is 11.8. The van der Waals surface area contributed by atoms with Gasteiger partial charge in [-0.05, 0) is 33.7 Å². The van der Waals surface area contributed by atoms with Crippen molar-refractivity contribution < 1.29 is 19.0 Å². The molecule has 19 heavy (non-hydrogen) atoms. The average Bonchev–Trinajstić information content (AvgIpc) is 2.29. The number of alkyl carbamates (subject to hydrolysis) is 1. The Balaban J connectivity index is 2.41. The van der Waals surface area contributed by atoms with Gasteiger partial charge in [-0.1, -0.05) is 0 Å².